The van der Waals surface area contributed by atoms with Gasteiger partial charge in [0.25, 0.3) is 0 Å². The Labute approximate surface area is 83.7 Å². The van der Waals surface area contributed by atoms with Crippen LogP contribution in [0.5, 0.6) is 0 Å². The summed E-state index contributed by atoms with van der Waals surface area (Å²) < 4.78 is 0. The van der Waals surface area contributed by atoms with Crippen LogP contribution in [0, 0.1) is 0 Å². The summed E-state index contributed by atoms with van der Waals surface area (Å²) in [6, 6.07) is 0. The second-order valence-corrected chi connectivity index (χ2v) is 36.5. The molecule has 0 bridgehead atoms. The molecular formula is C9H22AsI. The first kappa shape index (κ1) is 12.3. The van der Waals surface area contributed by atoms with Crippen molar-refractivity contribution in [1.82, 2.24) is 0 Å². The van der Waals surface area contributed by atoms with Gasteiger partial charge in [0, 0.05) is 0 Å². The molecule has 0 rings (SSSR count). The topological polar surface area (TPSA) is 0 Å². The Morgan fingerprint density at radius 2 is 1.55 bits per heavy atom. The molecule has 0 N–H and O–H groups in total. The summed E-state index contributed by atoms with van der Waals surface area (Å²) in [7, 11) is -1.68. The van der Waals surface area contributed by atoms with E-state index in [0.717, 1.165) is 0 Å². The number of hydrogen-bond acceptors (Lipinski definition) is 0. The predicted octanol–water partition coefficient (Wildman–Crippen LogP) is 4.79. The van der Waals surface area contributed by atoms with Gasteiger partial charge in [0.1, 0.15) is 0 Å². The van der Waals surface area contributed by atoms with Crippen LogP contribution in [-0.2, 0) is 0 Å². The van der Waals surface area contributed by atoms with E-state index in [-0.39, 0.29) is 0 Å². The van der Waals surface area contributed by atoms with Crippen LogP contribution in [0.3, 0.4) is 0 Å². The Morgan fingerprint density at radius 3 is 1.91 bits per heavy atom. The number of halogens is 1. The normalized spacial score (nSPS) is 15.9. The number of unbranched alkanes of at least 4 members (excludes halogenated alkanes) is 3. The molecule has 0 aromatic carbocycles. The van der Waals surface area contributed by atoms with Gasteiger partial charge in [-0.2, -0.15) is 0 Å². The molecule has 0 nitrogen and oxygen atoms in total. The monoisotopic (exact) mass is 332 g/mol. The van der Waals surface area contributed by atoms with Gasteiger partial charge in [-0.15, -0.1) is 0 Å². The average molecular weight is 332 g/mol. The van der Waals surface area contributed by atoms with Crippen LogP contribution in [-0.4, -0.2) is 9.10 Å². The summed E-state index contributed by atoms with van der Waals surface area (Å²) in [6.45, 7) is 2.28. The molecule has 11 heavy (non-hydrogen) atoms. The van der Waals surface area contributed by atoms with E-state index in [1.54, 1.807) is 0 Å². The molecule has 0 aliphatic carbocycles. The average Bonchev–Trinajstić information content (AvgIpc) is 1.76. The van der Waals surface area contributed by atoms with Gasteiger partial charge < -0.3 is 0 Å². The predicted molar refractivity (Wildman–Crippen MR) is 66.3 cm³/mol. The molecule has 0 atom stereocenters. The summed E-state index contributed by atoms with van der Waals surface area (Å²) >= 11 is 2.74. The van der Waals surface area contributed by atoms with E-state index in [0.29, 0.717) is 0 Å². The first-order valence-electron chi connectivity index (χ1n) is 4.53. The number of rotatable bonds is 5. The van der Waals surface area contributed by atoms with Gasteiger partial charge >= 0.3 is 84.2 Å². The third-order valence-corrected chi connectivity index (χ3v) is 8.11. The van der Waals surface area contributed by atoms with Gasteiger partial charge in [-0.25, -0.2) is 0 Å². The second kappa shape index (κ2) is 4.50. The van der Waals surface area contributed by atoms with E-state index in [1.807, 2.05) is 0 Å². The van der Waals surface area contributed by atoms with Crippen molar-refractivity contribution in [2.24, 2.45) is 0 Å². The zero-order valence-corrected chi connectivity index (χ0v) is 12.4. The van der Waals surface area contributed by atoms with Gasteiger partial charge in [-0.05, 0) is 0 Å². The molecule has 0 aliphatic rings. The number of hydrogen-bond donors (Lipinski definition) is 0. The quantitative estimate of drug-likeness (QED) is 0.386. The fourth-order valence-electron chi connectivity index (χ4n) is 1.07. The van der Waals surface area contributed by atoms with Gasteiger partial charge in [0.05, 0.1) is 0 Å². The zero-order valence-electron chi connectivity index (χ0n) is 8.36. The summed E-state index contributed by atoms with van der Waals surface area (Å²) in [5.74, 6) is 0. The van der Waals surface area contributed by atoms with Crippen molar-refractivity contribution in [1.29, 1.82) is 0 Å². The molecule has 2 heteroatoms. The Kier molecular flexibility index (Phi) is 5.03. The van der Waals surface area contributed by atoms with Crippen LogP contribution in [0.1, 0.15) is 32.6 Å². The van der Waals surface area contributed by atoms with E-state index in [1.165, 1.54) is 30.9 Å². The van der Waals surface area contributed by atoms with Crippen LogP contribution in [0.25, 0.3) is 0 Å². The third kappa shape index (κ3) is 11.3. The molecule has 0 aliphatic heterocycles. The summed E-state index contributed by atoms with van der Waals surface area (Å²) in [5, 5.41) is 1.51. The molecule has 0 radical (unpaired) electrons. The first-order chi connectivity index (χ1) is 4.81. The zero-order chi connectivity index (χ0) is 8.98. The molecule has 0 fully saturated rings. The Hall–Kier alpha value is 1.29. The SMILES string of the molecule is CCCCCC[As](C)(C)(C)I. The van der Waals surface area contributed by atoms with E-state index in [9.17, 15) is 0 Å². The van der Waals surface area contributed by atoms with E-state index in [2.05, 4.69) is 44.2 Å². The van der Waals surface area contributed by atoms with Crippen LogP contribution >= 0.6 is 20.1 Å². The van der Waals surface area contributed by atoms with Crippen LogP contribution < -0.4 is 0 Å². The molecule has 0 aromatic rings. The summed E-state index contributed by atoms with van der Waals surface area (Å²) in [4.78, 5) is 0. The molecule has 0 spiro atoms. The van der Waals surface area contributed by atoms with Crippen molar-refractivity contribution in [3.63, 3.8) is 0 Å². The van der Waals surface area contributed by atoms with Crippen LogP contribution in [0.4, 0.5) is 0 Å². The molecule has 0 saturated carbocycles. The Morgan fingerprint density at radius 1 is 1.00 bits per heavy atom. The maximum absolute atomic E-state index is 2.74. The molecule has 0 unspecified atom stereocenters. The van der Waals surface area contributed by atoms with Crippen molar-refractivity contribution in [3.8, 4) is 0 Å². The molecule has 0 amide bonds. The van der Waals surface area contributed by atoms with Crippen molar-refractivity contribution < 1.29 is 0 Å². The fraction of sp³-hybridized carbons (Fsp3) is 1.00. The van der Waals surface area contributed by atoms with Crippen molar-refractivity contribution >= 4 is 29.2 Å². The van der Waals surface area contributed by atoms with Crippen molar-refractivity contribution in [2.75, 3.05) is 0 Å². The van der Waals surface area contributed by atoms with Gasteiger partial charge in [-0.3, -0.25) is 0 Å². The van der Waals surface area contributed by atoms with Gasteiger partial charge in [-0.1, -0.05) is 0 Å². The first-order valence-corrected chi connectivity index (χ1v) is 17.2. The van der Waals surface area contributed by atoms with Crippen LogP contribution in [0.2, 0.25) is 22.3 Å². The minimum atomic E-state index is -1.68. The van der Waals surface area contributed by atoms with Gasteiger partial charge in [0.15, 0.2) is 0 Å². The van der Waals surface area contributed by atoms with E-state index in [4.69, 9.17) is 0 Å². The Balaban J connectivity index is 3.40. The molecular weight excluding hydrogens is 310 g/mol. The molecule has 0 heterocycles. The fourth-order valence-corrected chi connectivity index (χ4v) is 5.56. The van der Waals surface area contributed by atoms with Crippen molar-refractivity contribution in [3.05, 3.63) is 0 Å². The summed E-state index contributed by atoms with van der Waals surface area (Å²) in [6.07, 6.45) is 5.70. The molecule has 0 aromatic heterocycles. The van der Waals surface area contributed by atoms with Crippen LogP contribution in [0.15, 0.2) is 0 Å². The van der Waals surface area contributed by atoms with E-state index >= 15 is 0 Å². The summed E-state index contributed by atoms with van der Waals surface area (Å²) in [5.41, 5.74) is 7.52. The minimum absolute atomic E-state index is 1.36. The molecule has 0 saturated heterocycles. The second-order valence-electron chi connectivity index (χ2n) is 4.70. The Bertz CT molecular complexity index is 103. The molecule has 70 valence electrons. The van der Waals surface area contributed by atoms with Crippen molar-refractivity contribution in [2.45, 2.75) is 55.0 Å². The maximum atomic E-state index is 2.74. The van der Waals surface area contributed by atoms with E-state index < -0.39 is 9.10 Å². The van der Waals surface area contributed by atoms with Gasteiger partial charge in [0.2, 0.25) is 0 Å². The standard InChI is InChI=1S/C9H22AsI/c1-5-6-7-8-9-10(2,3,4)11/h5-9H2,1-4H3. The third-order valence-electron chi connectivity index (χ3n) is 1.77.